The lowest BCUT2D eigenvalue weighted by Crippen LogP contribution is -2.20. The number of aryl methyl sites for hydroxylation is 2. The zero-order chi connectivity index (χ0) is 12.1. The van der Waals surface area contributed by atoms with Crippen molar-refractivity contribution in [2.75, 3.05) is 13.6 Å². The van der Waals surface area contributed by atoms with Gasteiger partial charge in [-0.25, -0.2) is 0 Å². The molecule has 0 bridgehead atoms. The maximum Gasteiger partial charge on any atom is 0.0489 e. The molecule has 2 aromatic heterocycles. The van der Waals surface area contributed by atoms with Crippen LogP contribution in [0.2, 0.25) is 0 Å². The van der Waals surface area contributed by atoms with Crippen molar-refractivity contribution < 1.29 is 0 Å². The molecule has 17 heavy (non-hydrogen) atoms. The van der Waals surface area contributed by atoms with E-state index in [4.69, 9.17) is 0 Å². The van der Waals surface area contributed by atoms with Crippen LogP contribution in [0, 0.1) is 6.92 Å². The van der Waals surface area contributed by atoms with E-state index in [2.05, 4.69) is 35.4 Å². The number of hydrogen-bond donors (Lipinski definition) is 0. The van der Waals surface area contributed by atoms with Gasteiger partial charge in [0.2, 0.25) is 0 Å². The van der Waals surface area contributed by atoms with Crippen LogP contribution >= 0.6 is 11.3 Å². The van der Waals surface area contributed by atoms with E-state index < -0.39 is 0 Å². The van der Waals surface area contributed by atoms with Gasteiger partial charge in [0.05, 0.1) is 0 Å². The predicted octanol–water partition coefficient (Wildman–Crippen LogP) is 2.78. The van der Waals surface area contributed by atoms with Gasteiger partial charge >= 0.3 is 0 Å². The molecular weight excluding hydrogens is 230 g/mol. The quantitative estimate of drug-likeness (QED) is 0.785. The summed E-state index contributed by atoms with van der Waals surface area (Å²) in [5, 5.41) is 6.37. The standard InChI is InChI=1S/C13H19N3S/c1-12-5-10-17-13(12)11-15(2)7-4-9-16-8-3-6-14-16/h3,5-6,8,10H,4,7,9,11H2,1-2H3. The van der Waals surface area contributed by atoms with Crippen LogP contribution in [0.15, 0.2) is 29.9 Å². The molecule has 0 aliphatic carbocycles. The van der Waals surface area contributed by atoms with E-state index in [0.717, 1.165) is 26.1 Å². The van der Waals surface area contributed by atoms with Crippen LogP contribution in [0.1, 0.15) is 16.9 Å². The van der Waals surface area contributed by atoms with E-state index in [9.17, 15) is 0 Å². The van der Waals surface area contributed by atoms with Crippen molar-refractivity contribution in [2.24, 2.45) is 0 Å². The van der Waals surface area contributed by atoms with Crippen LogP contribution in [0.3, 0.4) is 0 Å². The molecule has 92 valence electrons. The third kappa shape index (κ3) is 3.68. The van der Waals surface area contributed by atoms with Gasteiger partial charge in [-0.1, -0.05) is 0 Å². The minimum absolute atomic E-state index is 1.00. The fourth-order valence-electron chi connectivity index (χ4n) is 1.83. The highest BCUT2D eigenvalue weighted by Crippen LogP contribution is 2.17. The first-order chi connectivity index (χ1) is 8.25. The summed E-state index contributed by atoms with van der Waals surface area (Å²) < 4.78 is 1.99. The summed E-state index contributed by atoms with van der Waals surface area (Å²) in [5.41, 5.74) is 1.41. The highest BCUT2D eigenvalue weighted by molar-refractivity contribution is 7.10. The number of rotatable bonds is 6. The van der Waals surface area contributed by atoms with E-state index >= 15 is 0 Å². The summed E-state index contributed by atoms with van der Waals surface area (Å²) in [6, 6.07) is 4.16. The molecule has 0 spiro atoms. The van der Waals surface area contributed by atoms with E-state index in [1.54, 1.807) is 0 Å². The fraction of sp³-hybridized carbons (Fsp3) is 0.462. The van der Waals surface area contributed by atoms with E-state index in [0.29, 0.717) is 0 Å². The van der Waals surface area contributed by atoms with Gasteiger partial charge in [0, 0.05) is 30.4 Å². The van der Waals surface area contributed by atoms with Crippen molar-refractivity contribution >= 4 is 11.3 Å². The third-order valence-corrected chi connectivity index (χ3v) is 3.88. The highest BCUT2D eigenvalue weighted by Gasteiger charge is 2.04. The van der Waals surface area contributed by atoms with Crippen LogP contribution in [-0.4, -0.2) is 28.3 Å². The number of nitrogens with zero attached hydrogens (tertiary/aromatic N) is 3. The molecule has 0 aliphatic rings. The summed E-state index contributed by atoms with van der Waals surface area (Å²) in [6.45, 7) is 5.35. The molecule has 2 aromatic rings. The lowest BCUT2D eigenvalue weighted by atomic mass is 10.3. The molecule has 0 radical (unpaired) electrons. The zero-order valence-electron chi connectivity index (χ0n) is 10.5. The lowest BCUT2D eigenvalue weighted by Gasteiger charge is -2.16. The van der Waals surface area contributed by atoms with Crippen molar-refractivity contribution in [3.05, 3.63) is 40.3 Å². The monoisotopic (exact) mass is 249 g/mol. The second-order valence-electron chi connectivity index (χ2n) is 4.39. The molecule has 0 unspecified atom stereocenters. The summed E-state index contributed by atoms with van der Waals surface area (Å²) in [7, 11) is 2.18. The van der Waals surface area contributed by atoms with Gasteiger partial charge in [-0.05, 0) is 50.0 Å². The number of thiophene rings is 1. The Morgan fingerprint density at radius 3 is 3.00 bits per heavy atom. The van der Waals surface area contributed by atoms with Crippen LogP contribution in [0.4, 0.5) is 0 Å². The minimum atomic E-state index is 1.00. The average Bonchev–Trinajstić information content (AvgIpc) is 2.92. The van der Waals surface area contributed by atoms with Gasteiger partial charge in [-0.15, -0.1) is 11.3 Å². The first-order valence-electron chi connectivity index (χ1n) is 5.94. The molecule has 0 saturated heterocycles. The second kappa shape index (κ2) is 5.98. The molecule has 0 fully saturated rings. The Morgan fingerprint density at radius 2 is 2.35 bits per heavy atom. The van der Waals surface area contributed by atoms with Gasteiger partial charge in [0.1, 0.15) is 0 Å². The molecule has 0 aliphatic heterocycles. The van der Waals surface area contributed by atoms with Gasteiger partial charge < -0.3 is 4.90 Å². The highest BCUT2D eigenvalue weighted by atomic mass is 32.1. The van der Waals surface area contributed by atoms with Crippen LogP contribution in [0.5, 0.6) is 0 Å². The van der Waals surface area contributed by atoms with E-state index in [-0.39, 0.29) is 0 Å². The molecule has 0 atom stereocenters. The molecule has 3 nitrogen and oxygen atoms in total. The topological polar surface area (TPSA) is 21.1 Å². The first-order valence-corrected chi connectivity index (χ1v) is 6.82. The molecule has 0 amide bonds. The van der Waals surface area contributed by atoms with Gasteiger partial charge in [0.15, 0.2) is 0 Å². The Bertz CT molecular complexity index is 433. The Hall–Kier alpha value is -1.13. The second-order valence-corrected chi connectivity index (χ2v) is 5.39. The van der Waals surface area contributed by atoms with Crippen molar-refractivity contribution in [3.8, 4) is 0 Å². The van der Waals surface area contributed by atoms with Gasteiger partial charge in [0.25, 0.3) is 0 Å². The van der Waals surface area contributed by atoms with Gasteiger partial charge in [-0.2, -0.15) is 5.10 Å². The van der Waals surface area contributed by atoms with Crippen LogP contribution in [-0.2, 0) is 13.1 Å². The first kappa shape index (κ1) is 12.3. The fourth-order valence-corrected chi connectivity index (χ4v) is 2.81. The third-order valence-electron chi connectivity index (χ3n) is 2.87. The summed E-state index contributed by atoms with van der Waals surface area (Å²) in [5.74, 6) is 0. The Balaban J connectivity index is 1.71. The molecule has 0 saturated carbocycles. The van der Waals surface area contributed by atoms with E-state index in [1.165, 1.54) is 10.4 Å². The average molecular weight is 249 g/mol. The van der Waals surface area contributed by atoms with Crippen molar-refractivity contribution in [3.63, 3.8) is 0 Å². The SMILES string of the molecule is Cc1ccsc1CN(C)CCCn1cccn1. The van der Waals surface area contributed by atoms with Crippen LogP contribution in [0.25, 0.3) is 0 Å². The smallest absolute Gasteiger partial charge is 0.0489 e. The zero-order valence-corrected chi connectivity index (χ0v) is 11.3. The number of aromatic nitrogens is 2. The molecule has 2 heterocycles. The minimum Gasteiger partial charge on any atom is -0.301 e. The Labute approximate surface area is 107 Å². The summed E-state index contributed by atoms with van der Waals surface area (Å²) in [6.07, 6.45) is 4.99. The molecule has 0 N–H and O–H groups in total. The molecular formula is C13H19N3S. The van der Waals surface area contributed by atoms with E-state index in [1.807, 2.05) is 34.5 Å². The Kier molecular flexibility index (Phi) is 4.34. The van der Waals surface area contributed by atoms with Crippen LogP contribution < -0.4 is 0 Å². The molecule has 0 aromatic carbocycles. The summed E-state index contributed by atoms with van der Waals surface area (Å²) >= 11 is 1.85. The largest absolute Gasteiger partial charge is 0.301 e. The normalized spacial score (nSPS) is 11.2. The number of hydrogen-bond acceptors (Lipinski definition) is 3. The van der Waals surface area contributed by atoms with Gasteiger partial charge in [-0.3, -0.25) is 4.68 Å². The van der Waals surface area contributed by atoms with Crippen molar-refractivity contribution in [1.82, 2.24) is 14.7 Å². The predicted molar refractivity (Wildman–Crippen MR) is 72.2 cm³/mol. The molecule has 2 rings (SSSR count). The maximum absolute atomic E-state index is 4.20. The summed E-state index contributed by atoms with van der Waals surface area (Å²) in [4.78, 5) is 3.86. The van der Waals surface area contributed by atoms with Crippen molar-refractivity contribution in [2.45, 2.75) is 26.4 Å². The Morgan fingerprint density at radius 1 is 1.47 bits per heavy atom. The van der Waals surface area contributed by atoms with Crippen molar-refractivity contribution in [1.29, 1.82) is 0 Å². The lowest BCUT2D eigenvalue weighted by molar-refractivity contribution is 0.313. The molecule has 4 heteroatoms. The maximum atomic E-state index is 4.20.